The Morgan fingerprint density at radius 3 is 0.882 bits per heavy atom. The minimum absolute atomic E-state index is 0.0736. The number of hydrogen-bond donors (Lipinski definition) is 0. The van der Waals surface area contributed by atoms with Crippen molar-refractivity contribution < 1.29 is 38.7 Å². The van der Waals surface area contributed by atoms with Crippen molar-refractivity contribution in [1.29, 1.82) is 0 Å². The van der Waals surface area contributed by atoms with Crippen molar-refractivity contribution in [3.63, 3.8) is 0 Å². The van der Waals surface area contributed by atoms with E-state index in [9.17, 15) is 19.8 Å². The van der Waals surface area contributed by atoms with Crippen LogP contribution in [0.2, 0.25) is 8.87 Å². The van der Waals surface area contributed by atoms with Gasteiger partial charge in [0.1, 0.15) is 0 Å². The van der Waals surface area contributed by atoms with Gasteiger partial charge in [0.05, 0.1) is 0 Å². The molecule has 0 aliphatic heterocycles. The normalized spacial score (nSPS) is 10.4. The van der Waals surface area contributed by atoms with Crippen molar-refractivity contribution in [3.05, 3.63) is 0 Å². The average Bonchev–Trinajstić information content (AvgIpc) is 3.11. The molecule has 0 saturated heterocycles. The maximum absolute atomic E-state index is 9.93. The summed E-state index contributed by atoms with van der Waals surface area (Å²) in [6.07, 6.45) is 32.6. The Labute approximate surface area is 326 Å². The van der Waals surface area contributed by atoms with E-state index in [-0.39, 0.29) is 34.4 Å². The van der Waals surface area contributed by atoms with Crippen LogP contribution in [0.4, 0.5) is 9.59 Å². The second kappa shape index (κ2) is 53.6. The third-order valence-electron chi connectivity index (χ3n) is 8.50. The minimum Gasteiger partial charge on any atom is -0.550 e. The maximum Gasteiger partial charge on any atom is 0.251 e. The van der Waals surface area contributed by atoms with Crippen LogP contribution in [0.25, 0.3) is 0 Å². The van der Waals surface area contributed by atoms with Crippen molar-refractivity contribution in [2.24, 2.45) is 0 Å². The molecule has 0 atom stereocenters. The predicted molar refractivity (Wildman–Crippen MR) is 212 cm³/mol. The first-order valence-corrected chi connectivity index (χ1v) is 25.5. The van der Waals surface area contributed by atoms with Gasteiger partial charge in [-0.15, -0.1) is 0 Å². The minimum atomic E-state index is -1.43. The van der Waals surface area contributed by atoms with E-state index in [1.807, 2.05) is 0 Å². The molecule has 0 fully saturated rings. The van der Waals surface area contributed by atoms with Gasteiger partial charge in [-0.1, -0.05) is 78.1 Å². The fraction of sp³-hybridized carbons (Fsp3) is 0.952. The van der Waals surface area contributed by atoms with Crippen molar-refractivity contribution in [1.82, 2.24) is 0 Å². The SMILES string of the molecule is CCCCCCC[CH2][Sn+2][CH2]CCCCCCC.CCCCCCOCCCCCCOC(=O)[O-].CCCCCCOCCCCCCOC(=O)[O-]. The third kappa shape index (κ3) is 64.6. The average molecular weight is 836 g/mol. The van der Waals surface area contributed by atoms with Gasteiger partial charge in [-0.05, 0) is 38.5 Å². The largest absolute Gasteiger partial charge is 0.550 e. The third-order valence-corrected chi connectivity index (χ3v) is 12.5. The molecule has 0 aromatic heterocycles. The zero-order chi connectivity index (χ0) is 38.1. The molecule has 0 rings (SSSR count). The van der Waals surface area contributed by atoms with Crippen LogP contribution < -0.4 is 10.2 Å². The summed E-state index contributed by atoms with van der Waals surface area (Å²) >= 11 is 0.0736. The van der Waals surface area contributed by atoms with Crippen LogP contribution in [0.1, 0.15) is 207 Å². The molecule has 0 amide bonds. The zero-order valence-electron chi connectivity index (χ0n) is 34.2. The first-order chi connectivity index (χ1) is 25.0. The van der Waals surface area contributed by atoms with Gasteiger partial charge in [-0.25, -0.2) is 0 Å². The Hall–Kier alpha value is -0.741. The summed E-state index contributed by atoms with van der Waals surface area (Å²) in [6.45, 7) is 12.9. The van der Waals surface area contributed by atoms with E-state index >= 15 is 0 Å². The zero-order valence-corrected chi connectivity index (χ0v) is 37.1. The summed E-state index contributed by atoms with van der Waals surface area (Å²) in [7, 11) is 0. The van der Waals surface area contributed by atoms with E-state index in [0.29, 0.717) is 0 Å². The number of carboxylic acid groups (broad SMARTS) is 2. The molecular formula is C42H84O8Sn. The molecule has 0 saturated carbocycles. The predicted octanol–water partition coefficient (Wildman–Crippen LogP) is 11.3. The molecule has 0 bridgehead atoms. The molecule has 0 aromatic rings. The molecule has 0 spiro atoms. The molecule has 304 valence electrons. The number of carbonyl (C=O) groups excluding carboxylic acids is 2. The molecule has 0 aliphatic carbocycles. The van der Waals surface area contributed by atoms with Crippen LogP contribution >= 0.6 is 0 Å². The number of unbranched alkanes of at least 4 members (excludes halogenated alkanes) is 22. The fourth-order valence-electron chi connectivity index (χ4n) is 5.28. The van der Waals surface area contributed by atoms with Crippen molar-refractivity contribution in [2.75, 3.05) is 39.6 Å². The van der Waals surface area contributed by atoms with E-state index in [1.165, 1.54) is 103 Å². The van der Waals surface area contributed by atoms with E-state index in [4.69, 9.17) is 9.47 Å². The Morgan fingerprint density at radius 1 is 0.353 bits per heavy atom. The Kier molecular flexibility index (Phi) is 57.4. The summed E-state index contributed by atoms with van der Waals surface area (Å²) < 4.78 is 22.9. The van der Waals surface area contributed by atoms with Crippen LogP contribution in [0, 0.1) is 0 Å². The van der Waals surface area contributed by atoms with Gasteiger partial charge in [-0.2, -0.15) is 0 Å². The number of carbonyl (C=O) groups is 2. The molecule has 8 nitrogen and oxygen atoms in total. The Morgan fingerprint density at radius 2 is 0.588 bits per heavy atom. The Bertz CT molecular complexity index is 586. The number of ether oxygens (including phenoxy) is 4. The smallest absolute Gasteiger partial charge is 0.251 e. The first-order valence-electron chi connectivity index (χ1n) is 21.5. The molecule has 0 radical (unpaired) electrons. The molecule has 51 heavy (non-hydrogen) atoms. The molecular weight excluding hydrogens is 751 g/mol. The van der Waals surface area contributed by atoms with Crippen LogP contribution in [0.5, 0.6) is 0 Å². The van der Waals surface area contributed by atoms with E-state index < -0.39 is 12.3 Å². The van der Waals surface area contributed by atoms with Gasteiger partial charge >= 0.3 is 121 Å². The number of hydrogen-bond acceptors (Lipinski definition) is 8. The first kappa shape index (κ1) is 54.6. The molecule has 9 heteroatoms. The van der Waals surface area contributed by atoms with Crippen molar-refractivity contribution in [3.8, 4) is 0 Å². The molecule has 0 aromatic carbocycles. The Balaban J connectivity index is -0.000000678. The van der Waals surface area contributed by atoms with Gasteiger partial charge in [0.15, 0.2) is 0 Å². The summed E-state index contributed by atoms with van der Waals surface area (Å²) in [5.74, 6) is 0. The topological polar surface area (TPSA) is 117 Å². The van der Waals surface area contributed by atoms with E-state index in [1.54, 1.807) is 21.7 Å². The fourth-order valence-corrected chi connectivity index (χ4v) is 8.85. The van der Waals surface area contributed by atoms with Crippen LogP contribution in [-0.4, -0.2) is 73.1 Å². The maximum atomic E-state index is 9.93. The van der Waals surface area contributed by atoms with Gasteiger partial charge in [0.2, 0.25) is 0 Å². The summed E-state index contributed by atoms with van der Waals surface area (Å²) in [6, 6.07) is 0. The van der Waals surface area contributed by atoms with E-state index in [2.05, 4.69) is 37.2 Å². The van der Waals surface area contributed by atoms with Crippen LogP contribution in [0.15, 0.2) is 0 Å². The molecule has 0 aliphatic rings. The quantitative estimate of drug-likeness (QED) is 0.0343. The van der Waals surface area contributed by atoms with Gasteiger partial charge in [-0.3, -0.25) is 0 Å². The van der Waals surface area contributed by atoms with Crippen molar-refractivity contribution in [2.45, 2.75) is 216 Å². The monoisotopic (exact) mass is 837 g/mol. The molecule has 0 heterocycles. The summed E-state index contributed by atoms with van der Waals surface area (Å²) in [5, 5.41) is 19.9. The van der Waals surface area contributed by atoms with Gasteiger partial charge in [0, 0.05) is 39.6 Å². The second-order valence-electron chi connectivity index (χ2n) is 13.7. The molecule has 0 N–H and O–H groups in total. The second-order valence-corrected chi connectivity index (χ2v) is 17.9. The summed E-state index contributed by atoms with van der Waals surface area (Å²) in [4.78, 5) is 19.9. The van der Waals surface area contributed by atoms with Gasteiger partial charge < -0.3 is 38.7 Å². The standard InChI is InChI=1S/2C13H26O4.2C8H17.Sn/c2*1-2-3-4-7-10-16-11-8-5-6-9-12-17-13(14)15;2*1-3-5-7-8-6-4-2;/h2*2-12H2,1H3,(H,14,15);2*1,3-8H2,2H3;/q;;;;+2/p-2. The number of rotatable bonds is 38. The van der Waals surface area contributed by atoms with Crippen molar-refractivity contribution >= 4 is 33.5 Å². The van der Waals surface area contributed by atoms with Crippen LogP contribution in [-0.2, 0) is 18.9 Å². The molecule has 0 unspecified atom stereocenters. The summed E-state index contributed by atoms with van der Waals surface area (Å²) in [5.41, 5.74) is 0. The van der Waals surface area contributed by atoms with Gasteiger partial charge in [0.25, 0.3) is 12.3 Å². The van der Waals surface area contributed by atoms with Crippen LogP contribution in [0.3, 0.4) is 0 Å². The van der Waals surface area contributed by atoms with E-state index in [0.717, 1.165) is 90.6 Å².